The van der Waals surface area contributed by atoms with Gasteiger partial charge in [-0.1, -0.05) is 17.7 Å². The maximum atomic E-state index is 12.7. The smallest absolute Gasteiger partial charge is 0.352 e. The third-order valence-electron chi connectivity index (χ3n) is 9.13. The molecule has 0 radical (unpaired) electrons. The number of carboxylic acids is 1. The minimum Gasteiger partial charge on any atom is -0.491 e. The van der Waals surface area contributed by atoms with Crippen LogP contribution >= 0.6 is 23.4 Å². The molecule has 12 heteroatoms. The predicted molar refractivity (Wildman–Crippen MR) is 182 cm³/mol. The first-order valence-corrected chi connectivity index (χ1v) is 17.0. The summed E-state index contributed by atoms with van der Waals surface area (Å²) < 4.78 is 12.1. The second-order valence-corrected chi connectivity index (χ2v) is 13.6. The number of carboxylic acid groups (broad SMARTS) is 1. The van der Waals surface area contributed by atoms with E-state index in [1.165, 1.54) is 5.56 Å². The molecule has 2 aliphatic heterocycles. The Morgan fingerprint density at radius 1 is 1.04 bits per heavy atom. The van der Waals surface area contributed by atoms with Gasteiger partial charge in [0.2, 0.25) is 0 Å². The number of anilines is 1. The first-order valence-electron chi connectivity index (χ1n) is 15.7. The fourth-order valence-electron chi connectivity index (χ4n) is 7.02. The number of nitrogens with zero attached hydrogens (tertiary/aromatic N) is 5. The summed E-state index contributed by atoms with van der Waals surface area (Å²) in [7, 11) is 5.74. The lowest BCUT2D eigenvalue weighted by Gasteiger charge is -2.22. The van der Waals surface area contributed by atoms with Crippen LogP contribution in [-0.4, -0.2) is 48.4 Å². The molecule has 0 saturated heterocycles. The van der Waals surface area contributed by atoms with E-state index in [-0.39, 0.29) is 5.69 Å². The molecule has 0 atom stereocenters. The van der Waals surface area contributed by atoms with E-state index < -0.39 is 5.97 Å². The van der Waals surface area contributed by atoms with Crippen molar-refractivity contribution >= 4 is 45.9 Å². The molecule has 240 valence electrons. The molecule has 0 fully saturated rings. The average Bonchev–Trinajstić information content (AvgIpc) is 3.62. The molecule has 0 unspecified atom stereocenters. The number of carbonyl (C=O) groups is 1. The maximum Gasteiger partial charge on any atom is 0.352 e. The van der Waals surface area contributed by atoms with Crippen LogP contribution in [0.25, 0.3) is 22.0 Å². The zero-order chi connectivity index (χ0) is 32.1. The lowest BCUT2D eigenvalue weighted by atomic mass is 9.98. The minimum atomic E-state index is -0.964. The summed E-state index contributed by atoms with van der Waals surface area (Å²) in [4.78, 5) is 13.9. The van der Waals surface area contributed by atoms with Gasteiger partial charge in [-0.05, 0) is 68.0 Å². The van der Waals surface area contributed by atoms with E-state index in [2.05, 4.69) is 28.8 Å². The number of aromatic carboxylic acids is 1. The lowest BCUT2D eigenvalue weighted by molar-refractivity contribution is 0.0685. The van der Waals surface area contributed by atoms with Gasteiger partial charge in [-0.3, -0.25) is 9.36 Å². The normalized spacial score (nSPS) is 15.5. The van der Waals surface area contributed by atoms with E-state index in [4.69, 9.17) is 26.5 Å². The Morgan fingerprint density at radius 2 is 1.89 bits per heavy atom. The van der Waals surface area contributed by atoms with Gasteiger partial charge in [-0.15, -0.1) is 11.8 Å². The van der Waals surface area contributed by atoms with Crippen molar-refractivity contribution in [2.75, 3.05) is 18.5 Å². The number of halogens is 1. The van der Waals surface area contributed by atoms with Gasteiger partial charge in [0.15, 0.2) is 0 Å². The van der Waals surface area contributed by atoms with E-state index in [9.17, 15) is 9.90 Å². The molecule has 3 N–H and O–H groups in total. The number of aromatic nitrogens is 5. The molecule has 2 aliphatic rings. The first-order chi connectivity index (χ1) is 22.2. The minimum absolute atomic E-state index is 0.269. The predicted octanol–water partition coefficient (Wildman–Crippen LogP) is 6.24. The van der Waals surface area contributed by atoms with Crippen molar-refractivity contribution in [3.63, 3.8) is 0 Å². The van der Waals surface area contributed by atoms with Crippen LogP contribution in [0.2, 0.25) is 5.02 Å². The molecule has 5 aromatic rings. The SMILES string of the molecule is Cc1nn(C)c2c1-c1c(Cl)ccc3c(c(C(=O)O)n(C)c13)CCCOc1cc(cc3c1NCCC3)SCc1cc(nn1C)CNC2. The van der Waals surface area contributed by atoms with Gasteiger partial charge in [0.25, 0.3) is 0 Å². The zero-order valence-corrected chi connectivity index (χ0v) is 28.1. The number of benzene rings is 2. The highest BCUT2D eigenvalue weighted by atomic mass is 35.5. The number of hydrogen-bond donors (Lipinski definition) is 3. The second kappa shape index (κ2) is 12.4. The molecular weight excluding hydrogens is 622 g/mol. The summed E-state index contributed by atoms with van der Waals surface area (Å²) in [6.45, 7) is 4.47. The van der Waals surface area contributed by atoms with Crippen molar-refractivity contribution in [3.8, 4) is 16.9 Å². The van der Waals surface area contributed by atoms with Gasteiger partial charge in [-0.2, -0.15) is 10.2 Å². The highest BCUT2D eigenvalue weighted by molar-refractivity contribution is 7.98. The summed E-state index contributed by atoms with van der Waals surface area (Å²) in [5.41, 5.74) is 9.81. The fourth-order valence-corrected chi connectivity index (χ4v) is 8.27. The summed E-state index contributed by atoms with van der Waals surface area (Å²) in [5.74, 6) is 0.677. The molecule has 7 rings (SSSR count). The number of aryl methyl sites for hydroxylation is 6. The van der Waals surface area contributed by atoms with Gasteiger partial charge in [-0.25, -0.2) is 4.79 Å². The van der Waals surface area contributed by atoms with Crippen LogP contribution in [0, 0.1) is 6.92 Å². The van der Waals surface area contributed by atoms with Crippen molar-refractivity contribution in [1.29, 1.82) is 0 Å². The van der Waals surface area contributed by atoms with Crippen molar-refractivity contribution in [3.05, 3.63) is 75.0 Å². The summed E-state index contributed by atoms with van der Waals surface area (Å²) in [5, 5.41) is 28.5. The number of ether oxygens (including phenoxy) is 1. The van der Waals surface area contributed by atoms with Crippen molar-refractivity contribution in [2.24, 2.45) is 21.1 Å². The molecule has 10 nitrogen and oxygen atoms in total. The highest BCUT2D eigenvalue weighted by Crippen LogP contribution is 2.42. The Kier molecular flexibility index (Phi) is 8.25. The molecule has 5 heterocycles. The van der Waals surface area contributed by atoms with E-state index in [1.807, 2.05) is 49.6 Å². The summed E-state index contributed by atoms with van der Waals surface area (Å²) in [6.07, 6.45) is 3.30. The van der Waals surface area contributed by atoms with E-state index >= 15 is 0 Å². The third kappa shape index (κ3) is 5.44. The molecule has 8 bridgehead atoms. The quantitative estimate of drug-likeness (QED) is 0.194. The number of fused-ring (bicyclic) bond motifs is 8. The first kappa shape index (κ1) is 30.7. The Hall–Kier alpha value is -3.93. The summed E-state index contributed by atoms with van der Waals surface area (Å²) >= 11 is 8.75. The van der Waals surface area contributed by atoms with Crippen LogP contribution < -0.4 is 15.4 Å². The van der Waals surface area contributed by atoms with Gasteiger partial charge < -0.3 is 25.0 Å². The molecule has 46 heavy (non-hydrogen) atoms. The Balaban J connectivity index is 1.35. The summed E-state index contributed by atoms with van der Waals surface area (Å²) in [6, 6.07) is 10.4. The maximum absolute atomic E-state index is 12.7. The van der Waals surface area contributed by atoms with Crippen LogP contribution in [0.5, 0.6) is 5.75 Å². The Labute approximate surface area is 277 Å². The van der Waals surface area contributed by atoms with E-state index in [0.29, 0.717) is 37.6 Å². The van der Waals surface area contributed by atoms with Crippen LogP contribution in [0.4, 0.5) is 5.69 Å². The van der Waals surface area contributed by atoms with Crippen molar-refractivity contribution < 1.29 is 14.6 Å². The average molecular weight is 660 g/mol. The second-order valence-electron chi connectivity index (χ2n) is 12.1. The monoisotopic (exact) mass is 659 g/mol. The molecule has 0 amide bonds. The number of rotatable bonds is 1. The van der Waals surface area contributed by atoms with Crippen molar-refractivity contribution in [2.45, 2.75) is 56.3 Å². The third-order valence-corrected chi connectivity index (χ3v) is 10.4. The van der Waals surface area contributed by atoms with Crippen LogP contribution in [-0.2, 0) is 52.8 Å². The van der Waals surface area contributed by atoms with Gasteiger partial charge in [0.1, 0.15) is 11.4 Å². The topological polar surface area (TPSA) is 111 Å². The molecule has 2 aromatic carbocycles. The fraction of sp³-hybridized carbons (Fsp3) is 0.382. The van der Waals surface area contributed by atoms with Crippen LogP contribution in [0.15, 0.2) is 35.2 Å². The Morgan fingerprint density at radius 3 is 2.72 bits per heavy atom. The lowest BCUT2D eigenvalue weighted by Crippen LogP contribution is -2.16. The molecular formula is C34H38ClN7O3S. The van der Waals surface area contributed by atoms with Crippen molar-refractivity contribution in [1.82, 2.24) is 29.4 Å². The highest BCUT2D eigenvalue weighted by Gasteiger charge is 2.27. The zero-order valence-electron chi connectivity index (χ0n) is 26.5. The van der Waals surface area contributed by atoms with Gasteiger partial charge in [0, 0.05) is 73.6 Å². The standard InChI is InChI=1S/C34H38ClN7O3S/c1-19-29-27(42(4)38-19)17-36-16-21-14-22(41(3)39-21)18-46-23-13-20-7-5-11-37-31(20)28(15-23)45-12-6-8-24-25-9-10-26(35)30(29)32(25)40(2)33(24)34(43)44/h9-10,13-15,36-37H,5-8,11-12,16-18H2,1-4H3,(H,43,44). The number of nitrogens with one attached hydrogen (secondary N) is 2. The van der Waals surface area contributed by atoms with E-state index in [0.717, 1.165) is 91.8 Å². The van der Waals surface area contributed by atoms with Gasteiger partial charge in [0.05, 0.1) is 39.9 Å². The molecule has 0 spiro atoms. The number of thioether (sulfide) groups is 1. The van der Waals surface area contributed by atoms with Crippen LogP contribution in [0.3, 0.4) is 0 Å². The van der Waals surface area contributed by atoms with Gasteiger partial charge >= 0.3 is 5.97 Å². The number of hydrogen-bond acceptors (Lipinski definition) is 7. The largest absolute Gasteiger partial charge is 0.491 e. The molecule has 3 aromatic heterocycles. The molecule has 0 saturated carbocycles. The van der Waals surface area contributed by atoms with Crippen LogP contribution in [0.1, 0.15) is 57.2 Å². The Bertz CT molecular complexity index is 1990. The molecule has 0 aliphatic carbocycles. The van der Waals surface area contributed by atoms with E-state index in [1.54, 1.807) is 16.3 Å².